The van der Waals surface area contributed by atoms with Gasteiger partial charge in [0.1, 0.15) is 0 Å². The second kappa shape index (κ2) is 4.90. The van der Waals surface area contributed by atoms with Gasteiger partial charge in [0.05, 0.1) is 11.8 Å². The maximum atomic E-state index is 2.43. The first-order chi connectivity index (χ1) is 3.50. The summed E-state index contributed by atoms with van der Waals surface area (Å²) < 4.78 is 0. The summed E-state index contributed by atoms with van der Waals surface area (Å²) in [6.45, 7) is 11.8. The van der Waals surface area contributed by atoms with E-state index < -0.39 is 7.26 Å². The standard InChI is InChI=1S/C7H18P.HI/c1-6-8(4,5)7(2)3;/h7H,6H2,1-5H3;1H/q+1;/p-1. The molecule has 9 heavy (non-hydrogen) atoms. The third kappa shape index (κ3) is 4.55. The van der Waals surface area contributed by atoms with Crippen LogP contribution < -0.4 is 24.0 Å². The molecule has 0 fully saturated rings. The molecule has 0 aromatic carbocycles. The fraction of sp³-hybridized carbons (Fsp3) is 1.00. The molecule has 0 aromatic heterocycles. The van der Waals surface area contributed by atoms with Gasteiger partial charge in [-0.2, -0.15) is 0 Å². The van der Waals surface area contributed by atoms with Gasteiger partial charge in [-0.25, -0.2) is 0 Å². The Morgan fingerprint density at radius 1 is 1.22 bits per heavy atom. The highest BCUT2D eigenvalue weighted by Crippen LogP contribution is 2.54. The van der Waals surface area contributed by atoms with E-state index in [1.54, 1.807) is 0 Å². The van der Waals surface area contributed by atoms with Crippen molar-refractivity contribution in [2.75, 3.05) is 19.5 Å². The van der Waals surface area contributed by atoms with Gasteiger partial charge >= 0.3 is 0 Å². The summed E-state index contributed by atoms with van der Waals surface area (Å²) in [5.41, 5.74) is 0.924. The average Bonchev–Trinajstić information content (AvgIpc) is 1.67. The average molecular weight is 260 g/mol. The van der Waals surface area contributed by atoms with Crippen LogP contribution in [-0.4, -0.2) is 25.2 Å². The molecule has 2 heteroatoms. The van der Waals surface area contributed by atoms with Gasteiger partial charge in [-0.3, -0.25) is 0 Å². The third-order valence-corrected chi connectivity index (χ3v) is 6.64. The van der Waals surface area contributed by atoms with Gasteiger partial charge in [0.15, 0.2) is 0 Å². The van der Waals surface area contributed by atoms with Crippen LogP contribution in [0, 0.1) is 0 Å². The second-order valence-corrected chi connectivity index (χ2v) is 8.41. The molecule has 0 heterocycles. The van der Waals surface area contributed by atoms with Crippen molar-refractivity contribution in [2.24, 2.45) is 0 Å². The molecule has 0 unspecified atom stereocenters. The number of hydrogen-bond acceptors (Lipinski definition) is 0. The zero-order chi connectivity index (χ0) is 6.78. The first kappa shape index (κ1) is 12.8. The molecule has 0 bridgehead atoms. The van der Waals surface area contributed by atoms with E-state index in [0.717, 1.165) is 5.66 Å². The topological polar surface area (TPSA) is 0 Å². The van der Waals surface area contributed by atoms with E-state index in [2.05, 4.69) is 34.1 Å². The normalized spacial score (nSPS) is 11.3. The lowest BCUT2D eigenvalue weighted by molar-refractivity contribution is -0.00000210. The third-order valence-electron chi connectivity index (χ3n) is 2.21. The van der Waals surface area contributed by atoms with E-state index in [9.17, 15) is 0 Å². The van der Waals surface area contributed by atoms with Crippen molar-refractivity contribution >= 4 is 7.26 Å². The highest BCUT2D eigenvalue weighted by atomic mass is 127. The molecule has 0 radical (unpaired) electrons. The Morgan fingerprint density at radius 2 is 1.56 bits per heavy atom. The summed E-state index contributed by atoms with van der Waals surface area (Å²) in [7, 11) is -0.495. The zero-order valence-electron chi connectivity index (χ0n) is 7.11. The Balaban J connectivity index is 0. The van der Waals surface area contributed by atoms with Gasteiger partial charge < -0.3 is 24.0 Å². The smallest absolute Gasteiger partial charge is 0.0636 e. The van der Waals surface area contributed by atoms with E-state index in [1.165, 1.54) is 6.16 Å². The van der Waals surface area contributed by atoms with Crippen LogP contribution in [0.15, 0.2) is 0 Å². The fourth-order valence-electron chi connectivity index (χ4n) is 0.365. The molecule has 0 aliphatic heterocycles. The van der Waals surface area contributed by atoms with Crippen LogP contribution in [0.2, 0.25) is 0 Å². The van der Waals surface area contributed by atoms with Gasteiger partial charge in [0, 0.05) is 20.6 Å². The molecule has 0 nitrogen and oxygen atoms in total. The van der Waals surface area contributed by atoms with Crippen LogP contribution in [0.4, 0.5) is 0 Å². The highest BCUT2D eigenvalue weighted by Gasteiger charge is 2.25. The maximum Gasteiger partial charge on any atom is 0.0636 e. The maximum absolute atomic E-state index is 2.43. The Kier molecular flexibility index (Phi) is 6.97. The Hall–Kier alpha value is 1.16. The molecule has 0 aliphatic rings. The summed E-state index contributed by atoms with van der Waals surface area (Å²) in [4.78, 5) is 0. The van der Waals surface area contributed by atoms with Crippen molar-refractivity contribution in [2.45, 2.75) is 26.4 Å². The molecule has 0 aromatic rings. The van der Waals surface area contributed by atoms with E-state index in [4.69, 9.17) is 0 Å². The first-order valence-corrected chi connectivity index (χ1v) is 6.27. The first-order valence-electron chi connectivity index (χ1n) is 3.33. The van der Waals surface area contributed by atoms with Crippen molar-refractivity contribution < 1.29 is 24.0 Å². The summed E-state index contributed by atoms with van der Waals surface area (Å²) in [6.07, 6.45) is 1.39. The number of rotatable bonds is 2. The van der Waals surface area contributed by atoms with Crippen molar-refractivity contribution in [3.63, 3.8) is 0 Å². The second-order valence-electron chi connectivity index (χ2n) is 3.19. The molecule has 0 aliphatic carbocycles. The Morgan fingerprint density at radius 3 is 1.56 bits per heavy atom. The molecule has 0 spiro atoms. The Labute approximate surface area is 77.2 Å². The predicted molar refractivity (Wildman–Crippen MR) is 44.4 cm³/mol. The highest BCUT2D eigenvalue weighted by molar-refractivity contribution is 7.75. The van der Waals surface area contributed by atoms with Gasteiger partial charge in [-0.1, -0.05) is 0 Å². The van der Waals surface area contributed by atoms with Crippen molar-refractivity contribution in [3.8, 4) is 0 Å². The SMILES string of the molecule is CC[P+](C)(C)C(C)C.[I-]. The quantitative estimate of drug-likeness (QED) is 0.472. The molecule has 58 valence electrons. The van der Waals surface area contributed by atoms with E-state index >= 15 is 0 Å². The van der Waals surface area contributed by atoms with Gasteiger partial charge in [0.25, 0.3) is 0 Å². The molecule has 0 amide bonds. The minimum atomic E-state index is -0.495. The molecule has 0 saturated heterocycles. The van der Waals surface area contributed by atoms with Crippen molar-refractivity contribution in [1.29, 1.82) is 0 Å². The van der Waals surface area contributed by atoms with Crippen LogP contribution in [0.1, 0.15) is 20.8 Å². The van der Waals surface area contributed by atoms with Crippen LogP contribution >= 0.6 is 7.26 Å². The summed E-state index contributed by atoms with van der Waals surface area (Å²) in [6, 6.07) is 0. The van der Waals surface area contributed by atoms with Gasteiger partial charge in [-0.15, -0.1) is 0 Å². The van der Waals surface area contributed by atoms with Crippen LogP contribution in [0.5, 0.6) is 0 Å². The lowest BCUT2D eigenvalue weighted by atomic mass is 10.6. The largest absolute Gasteiger partial charge is 1.00 e. The summed E-state index contributed by atoms with van der Waals surface area (Å²) >= 11 is 0. The van der Waals surface area contributed by atoms with E-state index in [-0.39, 0.29) is 24.0 Å². The molecule has 0 atom stereocenters. The summed E-state index contributed by atoms with van der Waals surface area (Å²) in [5, 5.41) is 0. The van der Waals surface area contributed by atoms with Crippen molar-refractivity contribution in [1.82, 2.24) is 0 Å². The van der Waals surface area contributed by atoms with Gasteiger partial charge in [-0.05, 0) is 20.8 Å². The summed E-state index contributed by atoms with van der Waals surface area (Å²) in [5.74, 6) is 0. The lowest BCUT2D eigenvalue weighted by Crippen LogP contribution is -3.00. The van der Waals surface area contributed by atoms with E-state index in [1.807, 2.05) is 0 Å². The van der Waals surface area contributed by atoms with Crippen LogP contribution in [0.3, 0.4) is 0 Å². The molecule has 0 saturated carbocycles. The molecular formula is C7H18IP. The van der Waals surface area contributed by atoms with Gasteiger partial charge in [0.2, 0.25) is 0 Å². The Bertz CT molecular complexity index is 69.3. The van der Waals surface area contributed by atoms with Crippen LogP contribution in [-0.2, 0) is 0 Å². The molecular weight excluding hydrogens is 242 g/mol. The van der Waals surface area contributed by atoms with Crippen LogP contribution in [0.25, 0.3) is 0 Å². The lowest BCUT2D eigenvalue weighted by Gasteiger charge is -2.19. The fourth-order valence-corrected chi connectivity index (χ4v) is 1.10. The monoisotopic (exact) mass is 260 g/mol. The number of hydrogen-bond donors (Lipinski definition) is 0. The zero-order valence-corrected chi connectivity index (χ0v) is 10.2. The number of halogens is 1. The van der Waals surface area contributed by atoms with E-state index in [0.29, 0.717) is 0 Å². The predicted octanol–water partition coefficient (Wildman–Crippen LogP) is -0.304. The minimum Gasteiger partial charge on any atom is -1.00 e. The minimum absolute atomic E-state index is 0. The van der Waals surface area contributed by atoms with Crippen molar-refractivity contribution in [3.05, 3.63) is 0 Å². The molecule has 0 N–H and O–H groups in total. The molecule has 0 rings (SSSR count).